The molecule has 0 spiro atoms. The van der Waals surface area contributed by atoms with Gasteiger partial charge in [0.05, 0.1) is 17.6 Å². The first-order valence-corrected chi connectivity index (χ1v) is 5.98. The number of hydrogen-bond donors (Lipinski definition) is 1. The molecule has 1 unspecified atom stereocenters. The molecule has 3 heteroatoms. The number of carbonyl (C=O) groups is 1. The van der Waals surface area contributed by atoms with Gasteiger partial charge in [0.2, 0.25) is 0 Å². The van der Waals surface area contributed by atoms with Gasteiger partial charge in [-0.2, -0.15) is 5.26 Å². The van der Waals surface area contributed by atoms with Gasteiger partial charge in [-0.3, -0.25) is 0 Å². The zero-order chi connectivity index (χ0) is 13.7. The highest BCUT2D eigenvalue weighted by Gasteiger charge is 2.15. The van der Waals surface area contributed by atoms with Crippen LogP contribution < -0.4 is 0 Å². The number of carboxylic acids is 1. The Morgan fingerprint density at radius 2 is 1.74 bits per heavy atom. The van der Waals surface area contributed by atoms with Crippen LogP contribution in [0.5, 0.6) is 0 Å². The number of carboxylic acid groups (broad SMARTS) is 1. The Hall–Kier alpha value is -2.60. The standard InChI is InChI=1S/C16H13NO2/c17-11-14(12-6-2-1-3-7-12)10-13-8-4-5-9-15(13)16(18)19/h1-9,14H,10H2,(H,18,19). The molecule has 2 aromatic rings. The molecule has 0 saturated heterocycles. The molecule has 0 aromatic heterocycles. The van der Waals surface area contributed by atoms with Crippen LogP contribution in [0, 0.1) is 11.3 Å². The van der Waals surface area contributed by atoms with Crippen molar-refractivity contribution in [1.29, 1.82) is 5.26 Å². The highest BCUT2D eigenvalue weighted by molar-refractivity contribution is 5.89. The molecule has 0 heterocycles. The Morgan fingerprint density at radius 3 is 2.37 bits per heavy atom. The first-order valence-electron chi connectivity index (χ1n) is 5.98. The molecule has 0 bridgehead atoms. The number of nitrogens with zero attached hydrogens (tertiary/aromatic N) is 1. The average Bonchev–Trinajstić information content (AvgIpc) is 2.46. The van der Waals surface area contributed by atoms with Crippen molar-refractivity contribution in [3.63, 3.8) is 0 Å². The molecule has 94 valence electrons. The first kappa shape index (κ1) is 12.8. The minimum absolute atomic E-state index is 0.263. The molecular formula is C16H13NO2. The number of rotatable bonds is 4. The highest BCUT2D eigenvalue weighted by Crippen LogP contribution is 2.22. The lowest BCUT2D eigenvalue weighted by atomic mass is 9.91. The zero-order valence-corrected chi connectivity index (χ0v) is 10.3. The van der Waals surface area contributed by atoms with Crippen molar-refractivity contribution in [3.05, 3.63) is 71.3 Å². The summed E-state index contributed by atoms with van der Waals surface area (Å²) < 4.78 is 0. The second-order valence-corrected chi connectivity index (χ2v) is 4.26. The third-order valence-electron chi connectivity index (χ3n) is 3.03. The second kappa shape index (κ2) is 5.83. The van der Waals surface area contributed by atoms with Crippen molar-refractivity contribution in [3.8, 4) is 6.07 Å². The molecule has 2 rings (SSSR count). The maximum atomic E-state index is 11.1. The van der Waals surface area contributed by atoms with E-state index in [0.29, 0.717) is 12.0 Å². The molecule has 0 saturated carbocycles. The van der Waals surface area contributed by atoms with Gasteiger partial charge in [0, 0.05) is 0 Å². The van der Waals surface area contributed by atoms with E-state index in [4.69, 9.17) is 5.11 Å². The van der Waals surface area contributed by atoms with Crippen LogP contribution in [-0.2, 0) is 6.42 Å². The fourth-order valence-electron chi connectivity index (χ4n) is 2.05. The van der Waals surface area contributed by atoms with E-state index in [1.165, 1.54) is 0 Å². The molecule has 3 nitrogen and oxygen atoms in total. The highest BCUT2D eigenvalue weighted by atomic mass is 16.4. The summed E-state index contributed by atoms with van der Waals surface area (Å²) in [6, 6.07) is 18.5. The van der Waals surface area contributed by atoms with Gasteiger partial charge in [-0.05, 0) is 23.6 Å². The quantitative estimate of drug-likeness (QED) is 0.907. The van der Waals surface area contributed by atoms with Crippen molar-refractivity contribution in [2.24, 2.45) is 0 Å². The second-order valence-electron chi connectivity index (χ2n) is 4.26. The van der Waals surface area contributed by atoms with E-state index in [1.807, 2.05) is 30.3 Å². The summed E-state index contributed by atoms with van der Waals surface area (Å²) >= 11 is 0. The summed E-state index contributed by atoms with van der Waals surface area (Å²) in [5.41, 5.74) is 1.86. The summed E-state index contributed by atoms with van der Waals surface area (Å²) in [5.74, 6) is -1.29. The number of benzene rings is 2. The molecule has 1 atom stereocenters. The van der Waals surface area contributed by atoms with Crippen LogP contribution in [0.2, 0.25) is 0 Å². The maximum Gasteiger partial charge on any atom is 0.335 e. The molecule has 1 N–H and O–H groups in total. The van der Waals surface area contributed by atoms with Gasteiger partial charge in [-0.1, -0.05) is 48.5 Å². The Balaban J connectivity index is 2.30. The summed E-state index contributed by atoms with van der Waals surface area (Å²) in [6.07, 6.45) is 0.406. The summed E-state index contributed by atoms with van der Waals surface area (Å²) in [6.45, 7) is 0. The van der Waals surface area contributed by atoms with Crippen molar-refractivity contribution in [2.45, 2.75) is 12.3 Å². The lowest BCUT2D eigenvalue weighted by Gasteiger charge is -2.11. The van der Waals surface area contributed by atoms with Crippen molar-refractivity contribution >= 4 is 5.97 Å². The Kier molecular flexibility index (Phi) is 3.94. The van der Waals surface area contributed by atoms with E-state index < -0.39 is 5.97 Å². The van der Waals surface area contributed by atoms with E-state index >= 15 is 0 Å². The Bertz CT molecular complexity index is 614. The van der Waals surface area contributed by atoms with Crippen LogP contribution in [0.3, 0.4) is 0 Å². The van der Waals surface area contributed by atoms with E-state index in [-0.39, 0.29) is 11.5 Å². The normalized spacial score (nSPS) is 11.5. The predicted molar refractivity (Wildman–Crippen MR) is 71.9 cm³/mol. The number of aromatic carboxylic acids is 1. The fraction of sp³-hybridized carbons (Fsp3) is 0.125. The van der Waals surface area contributed by atoms with Crippen molar-refractivity contribution < 1.29 is 9.90 Å². The largest absolute Gasteiger partial charge is 0.478 e. The van der Waals surface area contributed by atoms with Crippen molar-refractivity contribution in [1.82, 2.24) is 0 Å². The zero-order valence-electron chi connectivity index (χ0n) is 10.3. The third kappa shape index (κ3) is 2.99. The van der Waals surface area contributed by atoms with E-state index in [9.17, 15) is 10.1 Å². The van der Waals surface area contributed by atoms with Gasteiger partial charge in [0.25, 0.3) is 0 Å². The van der Waals surface area contributed by atoms with Crippen molar-refractivity contribution in [2.75, 3.05) is 0 Å². The van der Waals surface area contributed by atoms with Crippen LogP contribution in [0.15, 0.2) is 54.6 Å². The Labute approximate surface area is 111 Å². The maximum absolute atomic E-state index is 11.1. The topological polar surface area (TPSA) is 61.1 Å². The van der Waals surface area contributed by atoms with Gasteiger partial charge >= 0.3 is 5.97 Å². The molecule has 0 amide bonds. The smallest absolute Gasteiger partial charge is 0.335 e. The van der Waals surface area contributed by atoms with Gasteiger partial charge in [-0.25, -0.2) is 4.79 Å². The first-order chi connectivity index (χ1) is 9.22. The van der Waals surface area contributed by atoms with E-state index in [2.05, 4.69) is 6.07 Å². The molecule has 0 aliphatic heterocycles. The molecular weight excluding hydrogens is 238 g/mol. The van der Waals surface area contributed by atoms with E-state index in [0.717, 1.165) is 5.56 Å². The van der Waals surface area contributed by atoms with Gasteiger partial charge in [0.15, 0.2) is 0 Å². The molecule has 0 radical (unpaired) electrons. The lowest BCUT2D eigenvalue weighted by Crippen LogP contribution is -2.06. The summed E-state index contributed by atoms with van der Waals surface area (Å²) in [4.78, 5) is 11.1. The van der Waals surface area contributed by atoms with Gasteiger partial charge < -0.3 is 5.11 Å². The van der Waals surface area contributed by atoms with E-state index in [1.54, 1.807) is 24.3 Å². The van der Waals surface area contributed by atoms with Crippen LogP contribution in [0.4, 0.5) is 0 Å². The van der Waals surface area contributed by atoms with Crippen LogP contribution in [-0.4, -0.2) is 11.1 Å². The minimum Gasteiger partial charge on any atom is -0.478 e. The molecule has 0 aliphatic rings. The van der Waals surface area contributed by atoms with Crippen LogP contribution >= 0.6 is 0 Å². The Morgan fingerprint density at radius 1 is 1.11 bits per heavy atom. The molecule has 2 aromatic carbocycles. The van der Waals surface area contributed by atoms with Gasteiger partial charge in [0.1, 0.15) is 0 Å². The SMILES string of the molecule is N#CC(Cc1ccccc1C(=O)O)c1ccccc1. The third-order valence-corrected chi connectivity index (χ3v) is 3.03. The summed E-state index contributed by atoms with van der Waals surface area (Å²) in [5, 5.41) is 18.4. The predicted octanol–water partition coefficient (Wildman–Crippen LogP) is 3.23. The fourth-order valence-corrected chi connectivity index (χ4v) is 2.05. The number of nitriles is 1. The van der Waals surface area contributed by atoms with Crippen LogP contribution in [0.25, 0.3) is 0 Å². The molecule has 19 heavy (non-hydrogen) atoms. The minimum atomic E-state index is -0.958. The monoisotopic (exact) mass is 251 g/mol. The summed E-state index contributed by atoms with van der Waals surface area (Å²) in [7, 11) is 0. The van der Waals surface area contributed by atoms with Gasteiger partial charge in [-0.15, -0.1) is 0 Å². The molecule has 0 aliphatic carbocycles. The lowest BCUT2D eigenvalue weighted by molar-refractivity contribution is 0.0695. The van der Waals surface area contributed by atoms with Crippen LogP contribution in [0.1, 0.15) is 27.4 Å². The average molecular weight is 251 g/mol. The molecule has 0 fully saturated rings. The number of hydrogen-bond acceptors (Lipinski definition) is 2.